The summed E-state index contributed by atoms with van der Waals surface area (Å²) >= 11 is 0. The fourth-order valence-corrected chi connectivity index (χ4v) is 3.81. The topological polar surface area (TPSA) is 83.8 Å². The number of imidazole rings is 1. The molecule has 0 saturated heterocycles. The normalized spacial score (nSPS) is 14.4. The van der Waals surface area contributed by atoms with Crippen LogP contribution >= 0.6 is 0 Å². The van der Waals surface area contributed by atoms with Gasteiger partial charge in [-0.2, -0.15) is 0 Å². The first-order valence-corrected chi connectivity index (χ1v) is 10.1. The van der Waals surface area contributed by atoms with Crippen molar-refractivity contribution in [1.82, 2.24) is 19.6 Å². The number of pyridine rings is 1. The number of benzene rings is 1. The van der Waals surface area contributed by atoms with Crippen LogP contribution in [-0.4, -0.2) is 44.6 Å². The van der Waals surface area contributed by atoms with E-state index in [0.717, 1.165) is 16.2 Å². The number of hydrogen-bond donors (Lipinski definition) is 1. The summed E-state index contributed by atoms with van der Waals surface area (Å²) in [5.74, 6) is -0.987. The predicted octanol–water partition coefficient (Wildman–Crippen LogP) is 2.70. The molecule has 1 unspecified atom stereocenters. The standard InChI is InChI=1S/C23H24N4O3/c1-15(2)13-19(27-22(29)17-7-3-4-8-18(17)23(27)30)21(28)24-11-10-16-14-26-12-6-5-9-20(26)25-16/h3-9,12,14-15,19H,10-11,13H2,1-2H3,(H,24,28). The van der Waals surface area contributed by atoms with Gasteiger partial charge >= 0.3 is 0 Å². The molecule has 1 N–H and O–H groups in total. The maximum Gasteiger partial charge on any atom is 0.262 e. The van der Waals surface area contributed by atoms with Gasteiger partial charge in [0.25, 0.3) is 11.8 Å². The molecule has 30 heavy (non-hydrogen) atoms. The lowest BCUT2D eigenvalue weighted by Crippen LogP contribution is -2.50. The molecule has 1 aliphatic rings. The Morgan fingerprint density at radius 1 is 1.03 bits per heavy atom. The van der Waals surface area contributed by atoms with Crippen molar-refractivity contribution < 1.29 is 14.4 Å². The first kappa shape index (κ1) is 19.8. The molecule has 0 fully saturated rings. The number of amides is 3. The smallest absolute Gasteiger partial charge is 0.262 e. The van der Waals surface area contributed by atoms with E-state index in [1.165, 1.54) is 0 Å². The Morgan fingerprint density at radius 2 is 1.70 bits per heavy atom. The minimum atomic E-state index is -0.835. The molecule has 0 radical (unpaired) electrons. The number of hydrogen-bond acceptors (Lipinski definition) is 4. The van der Waals surface area contributed by atoms with Crippen molar-refractivity contribution in [2.45, 2.75) is 32.7 Å². The Kier molecular flexibility index (Phi) is 5.35. The molecular weight excluding hydrogens is 380 g/mol. The minimum absolute atomic E-state index is 0.142. The Balaban J connectivity index is 1.46. The Morgan fingerprint density at radius 3 is 2.33 bits per heavy atom. The number of carbonyl (C=O) groups is 3. The first-order chi connectivity index (χ1) is 14.5. The van der Waals surface area contributed by atoms with Crippen LogP contribution in [0.1, 0.15) is 46.7 Å². The molecule has 1 aliphatic heterocycles. The summed E-state index contributed by atoms with van der Waals surface area (Å²) in [6, 6.07) is 11.6. The second-order valence-corrected chi connectivity index (χ2v) is 7.91. The first-order valence-electron chi connectivity index (χ1n) is 10.1. The van der Waals surface area contributed by atoms with Crippen molar-refractivity contribution in [3.8, 4) is 0 Å². The van der Waals surface area contributed by atoms with Gasteiger partial charge in [0.1, 0.15) is 11.7 Å². The Hall–Kier alpha value is -3.48. The average Bonchev–Trinajstić information content (AvgIpc) is 3.25. The molecule has 7 nitrogen and oxygen atoms in total. The van der Waals surface area contributed by atoms with Gasteiger partial charge < -0.3 is 9.72 Å². The minimum Gasteiger partial charge on any atom is -0.354 e. The van der Waals surface area contributed by atoms with E-state index >= 15 is 0 Å². The maximum atomic E-state index is 13.0. The molecule has 0 spiro atoms. The Bertz CT molecular complexity index is 1050. The van der Waals surface area contributed by atoms with Crippen LogP contribution in [0.3, 0.4) is 0 Å². The SMILES string of the molecule is CC(C)CC(C(=O)NCCc1cn2ccccc2n1)N1C(=O)c2ccccc2C1=O. The van der Waals surface area contributed by atoms with Gasteiger partial charge in [-0.1, -0.05) is 32.0 Å². The van der Waals surface area contributed by atoms with Gasteiger partial charge in [0.05, 0.1) is 16.8 Å². The van der Waals surface area contributed by atoms with Gasteiger partial charge in [0.15, 0.2) is 0 Å². The van der Waals surface area contributed by atoms with Crippen molar-refractivity contribution >= 4 is 23.4 Å². The number of carbonyl (C=O) groups excluding carboxylic acids is 3. The van der Waals surface area contributed by atoms with Crippen molar-refractivity contribution in [1.29, 1.82) is 0 Å². The molecule has 2 aromatic heterocycles. The van der Waals surface area contributed by atoms with E-state index in [9.17, 15) is 14.4 Å². The van der Waals surface area contributed by atoms with Crippen LogP contribution < -0.4 is 5.32 Å². The summed E-state index contributed by atoms with van der Waals surface area (Å²) in [6.07, 6.45) is 4.82. The lowest BCUT2D eigenvalue weighted by molar-refractivity contribution is -0.125. The monoisotopic (exact) mass is 404 g/mol. The summed E-state index contributed by atoms with van der Waals surface area (Å²) < 4.78 is 1.93. The third-order valence-electron chi connectivity index (χ3n) is 5.23. The summed E-state index contributed by atoms with van der Waals surface area (Å²) in [6.45, 7) is 4.31. The summed E-state index contributed by atoms with van der Waals surface area (Å²) in [4.78, 5) is 44.3. The average molecular weight is 404 g/mol. The van der Waals surface area contributed by atoms with Gasteiger partial charge in [0.2, 0.25) is 5.91 Å². The largest absolute Gasteiger partial charge is 0.354 e. The molecule has 154 valence electrons. The van der Waals surface area contributed by atoms with Gasteiger partial charge in [-0.3, -0.25) is 19.3 Å². The van der Waals surface area contributed by atoms with E-state index in [0.29, 0.717) is 30.5 Å². The van der Waals surface area contributed by atoms with Crippen molar-refractivity contribution in [3.05, 3.63) is 71.7 Å². The lowest BCUT2D eigenvalue weighted by Gasteiger charge is -2.26. The van der Waals surface area contributed by atoms with Crippen LogP contribution in [-0.2, 0) is 11.2 Å². The van der Waals surface area contributed by atoms with Crippen molar-refractivity contribution in [2.24, 2.45) is 5.92 Å². The summed E-state index contributed by atoms with van der Waals surface area (Å²) in [5.41, 5.74) is 2.42. The van der Waals surface area contributed by atoms with E-state index in [1.54, 1.807) is 24.3 Å². The predicted molar refractivity (Wildman–Crippen MR) is 112 cm³/mol. The van der Waals surface area contributed by atoms with Crippen LogP contribution in [0.2, 0.25) is 0 Å². The highest BCUT2D eigenvalue weighted by Gasteiger charge is 2.42. The number of aromatic nitrogens is 2. The molecule has 3 aromatic rings. The fourth-order valence-electron chi connectivity index (χ4n) is 3.81. The molecule has 0 saturated carbocycles. The molecule has 0 aliphatic carbocycles. The molecule has 4 rings (SSSR count). The van der Waals surface area contributed by atoms with E-state index in [1.807, 2.05) is 48.8 Å². The zero-order valence-electron chi connectivity index (χ0n) is 17.0. The quantitative estimate of drug-likeness (QED) is 0.614. The third-order valence-corrected chi connectivity index (χ3v) is 5.23. The Labute approximate surface area is 174 Å². The van der Waals surface area contributed by atoms with Crippen LogP contribution in [0.4, 0.5) is 0 Å². The van der Waals surface area contributed by atoms with Crippen molar-refractivity contribution in [3.63, 3.8) is 0 Å². The second kappa shape index (κ2) is 8.10. The lowest BCUT2D eigenvalue weighted by atomic mass is 10.0. The zero-order valence-corrected chi connectivity index (χ0v) is 17.0. The van der Waals surface area contributed by atoms with Gasteiger partial charge in [-0.25, -0.2) is 4.98 Å². The number of imide groups is 1. The molecule has 1 aromatic carbocycles. The van der Waals surface area contributed by atoms with Gasteiger partial charge in [-0.15, -0.1) is 0 Å². The van der Waals surface area contributed by atoms with Crippen LogP contribution in [0, 0.1) is 5.92 Å². The number of nitrogens with zero attached hydrogens (tertiary/aromatic N) is 3. The third kappa shape index (κ3) is 3.70. The number of nitrogens with one attached hydrogen (secondary N) is 1. The second-order valence-electron chi connectivity index (χ2n) is 7.91. The van der Waals surface area contributed by atoms with Gasteiger partial charge in [-0.05, 0) is 36.6 Å². The zero-order chi connectivity index (χ0) is 21.3. The van der Waals surface area contributed by atoms with E-state index in [4.69, 9.17) is 0 Å². The summed E-state index contributed by atoms with van der Waals surface area (Å²) in [7, 11) is 0. The van der Waals surface area contributed by atoms with Crippen LogP contribution in [0.15, 0.2) is 54.9 Å². The van der Waals surface area contributed by atoms with Gasteiger partial charge in [0, 0.05) is 25.4 Å². The highest BCUT2D eigenvalue weighted by atomic mass is 16.2. The number of fused-ring (bicyclic) bond motifs is 2. The molecule has 1 atom stereocenters. The molecule has 3 amide bonds. The molecule has 0 bridgehead atoms. The van der Waals surface area contributed by atoms with E-state index in [-0.39, 0.29) is 11.8 Å². The highest BCUT2D eigenvalue weighted by Crippen LogP contribution is 2.27. The van der Waals surface area contributed by atoms with Crippen LogP contribution in [0.25, 0.3) is 5.65 Å². The van der Waals surface area contributed by atoms with Crippen molar-refractivity contribution in [2.75, 3.05) is 6.54 Å². The molecule has 7 heteroatoms. The van der Waals surface area contributed by atoms with E-state index < -0.39 is 17.9 Å². The van der Waals surface area contributed by atoms with E-state index in [2.05, 4.69) is 10.3 Å². The highest BCUT2D eigenvalue weighted by molar-refractivity contribution is 6.22. The fraction of sp³-hybridized carbons (Fsp3) is 0.304. The van der Waals surface area contributed by atoms with Crippen LogP contribution in [0.5, 0.6) is 0 Å². The number of rotatable bonds is 7. The molecule has 3 heterocycles. The summed E-state index contributed by atoms with van der Waals surface area (Å²) in [5, 5.41) is 2.89. The maximum absolute atomic E-state index is 13.0. The molecular formula is C23H24N4O3.